The molecule has 2 aliphatic heterocycles. The van der Waals surface area contributed by atoms with E-state index in [1.54, 1.807) is 0 Å². The molecule has 3 heterocycles. The zero-order chi connectivity index (χ0) is 28.6. The van der Waals surface area contributed by atoms with Crippen LogP contribution in [0.5, 0.6) is 0 Å². The van der Waals surface area contributed by atoms with Crippen LogP contribution in [0.25, 0.3) is 11.1 Å². The van der Waals surface area contributed by atoms with Crippen LogP contribution in [0.15, 0.2) is 16.5 Å². The Bertz CT molecular complexity index is 1480. The van der Waals surface area contributed by atoms with Crippen molar-refractivity contribution in [1.29, 1.82) is 0 Å². The Balaban J connectivity index is 1.62. The number of benzene rings is 1. The highest BCUT2D eigenvalue weighted by atomic mass is 35.5. The monoisotopic (exact) mass is 604 g/mol. The number of carbonyl (C=O) groups excluding carboxylic acids is 4. The number of carbonyl (C=O) groups is 5. The molecule has 39 heavy (non-hydrogen) atoms. The summed E-state index contributed by atoms with van der Waals surface area (Å²) in [6.45, 7) is -0.193. The van der Waals surface area contributed by atoms with E-state index in [1.165, 1.54) is 12.1 Å². The molecule has 2 aromatic rings. The summed E-state index contributed by atoms with van der Waals surface area (Å²) in [4.78, 5) is 70.1. The Morgan fingerprint density at radius 2 is 1.95 bits per heavy atom. The van der Waals surface area contributed by atoms with Gasteiger partial charge in [-0.15, -0.1) is 4.83 Å². The van der Waals surface area contributed by atoms with Crippen molar-refractivity contribution in [2.45, 2.75) is 37.8 Å². The van der Waals surface area contributed by atoms with Gasteiger partial charge in [0, 0.05) is 24.5 Å². The summed E-state index contributed by atoms with van der Waals surface area (Å²) in [5.74, 6) is -4.42. The number of hydrogen-bond acceptors (Lipinski definition) is 9. The smallest absolute Gasteiger partial charge is 0.354 e. The van der Waals surface area contributed by atoms with Gasteiger partial charge in [0.25, 0.3) is 5.89 Å². The van der Waals surface area contributed by atoms with Gasteiger partial charge >= 0.3 is 12.0 Å². The van der Waals surface area contributed by atoms with E-state index in [0.29, 0.717) is 11.4 Å². The minimum atomic E-state index is -3.90. The first kappa shape index (κ1) is 28.5. The third-order valence-corrected chi connectivity index (χ3v) is 6.93. The van der Waals surface area contributed by atoms with Crippen molar-refractivity contribution >= 4 is 73.9 Å². The summed E-state index contributed by atoms with van der Waals surface area (Å²) in [6, 6.07) is -1.29. The molecule has 4 rings (SSSR count). The van der Waals surface area contributed by atoms with Gasteiger partial charge in [0.1, 0.15) is 17.6 Å². The molecular weight excluding hydrogens is 583 g/mol. The summed E-state index contributed by atoms with van der Waals surface area (Å²) in [6.07, 6.45) is 0.0843. The minimum Gasteiger partial charge on any atom is -0.481 e. The maximum absolute atomic E-state index is 13.4. The van der Waals surface area contributed by atoms with Gasteiger partial charge in [-0.2, -0.15) is 0 Å². The molecule has 3 N–H and O–H groups in total. The number of Topliss-reactive ketones (excluding diaryl/α,β-unsaturated/α-hetero) is 1. The lowest BCUT2D eigenvalue weighted by Crippen LogP contribution is -2.65. The Morgan fingerprint density at radius 1 is 1.23 bits per heavy atom. The van der Waals surface area contributed by atoms with E-state index in [1.807, 2.05) is 4.83 Å². The molecule has 0 bridgehead atoms. The summed E-state index contributed by atoms with van der Waals surface area (Å²) in [7, 11) is -3.90. The molecule has 2 aliphatic rings. The van der Waals surface area contributed by atoms with Crippen LogP contribution in [0.1, 0.15) is 36.4 Å². The van der Waals surface area contributed by atoms with Crippen LogP contribution in [0, 0.1) is 0 Å². The molecule has 2 fully saturated rings. The Morgan fingerprint density at radius 3 is 2.62 bits per heavy atom. The average molecular weight is 605 g/mol. The van der Waals surface area contributed by atoms with Crippen LogP contribution in [-0.4, -0.2) is 94.6 Å². The first-order valence-corrected chi connectivity index (χ1v) is 14.1. The summed E-state index contributed by atoms with van der Waals surface area (Å²) in [5, 5.41) is 14.5. The number of amides is 4. The number of hydrazine groups is 2. The van der Waals surface area contributed by atoms with Gasteiger partial charge in [-0.1, -0.05) is 23.2 Å². The highest BCUT2D eigenvalue weighted by Gasteiger charge is 2.45. The SMILES string of the molecule is CS(=O)(=O)NN1CCC(=O)N2CCC[C@@H](C(=O)N[C@@H](CC(=O)O)C(=O)c3nc4cc(Cl)cc(Cl)c4o3)N2C1=O. The fourth-order valence-corrected chi connectivity index (χ4v) is 5.35. The van der Waals surface area contributed by atoms with Crippen molar-refractivity contribution in [2.75, 3.05) is 19.3 Å². The molecule has 0 radical (unpaired) electrons. The molecule has 4 amide bonds. The number of sulfonamides is 1. The highest BCUT2D eigenvalue weighted by Crippen LogP contribution is 2.29. The molecule has 2 atom stereocenters. The normalized spacial score (nSPS) is 19.1. The number of carboxylic acid groups (broad SMARTS) is 1. The minimum absolute atomic E-state index is 0.0277. The van der Waals surface area contributed by atoms with Crippen LogP contribution in [-0.2, 0) is 24.4 Å². The lowest BCUT2D eigenvalue weighted by atomic mass is 10.0. The van der Waals surface area contributed by atoms with Gasteiger partial charge in [0.05, 0.1) is 17.7 Å². The molecule has 0 saturated carbocycles. The number of halogens is 2. The average Bonchev–Trinajstić information content (AvgIpc) is 3.23. The van der Waals surface area contributed by atoms with Gasteiger partial charge in [-0.25, -0.2) is 33.2 Å². The number of fused-ring (bicyclic) bond motifs is 2. The summed E-state index contributed by atoms with van der Waals surface area (Å²) < 4.78 is 28.9. The fourth-order valence-electron chi connectivity index (χ4n) is 4.26. The number of oxazole rings is 1. The van der Waals surface area contributed by atoms with Gasteiger partial charge in [0.15, 0.2) is 5.58 Å². The predicted octanol–water partition coefficient (Wildman–Crippen LogP) is 0.775. The lowest BCUT2D eigenvalue weighted by Gasteiger charge is -2.42. The third-order valence-electron chi connectivity index (χ3n) is 5.88. The number of nitrogens with zero attached hydrogens (tertiary/aromatic N) is 4. The molecule has 15 nitrogen and oxygen atoms in total. The second-order valence-corrected chi connectivity index (χ2v) is 11.4. The molecule has 1 aromatic carbocycles. The number of nitrogens with one attached hydrogen (secondary N) is 2. The molecule has 0 spiro atoms. The second kappa shape index (κ2) is 11.0. The zero-order valence-electron chi connectivity index (χ0n) is 20.2. The Labute approximate surface area is 231 Å². The van der Waals surface area contributed by atoms with Gasteiger partial charge in [-0.3, -0.25) is 19.2 Å². The number of aromatic nitrogens is 1. The predicted molar refractivity (Wildman–Crippen MR) is 134 cm³/mol. The molecule has 2 saturated heterocycles. The van der Waals surface area contributed by atoms with Crippen molar-refractivity contribution in [2.24, 2.45) is 0 Å². The Kier molecular flexibility index (Phi) is 8.02. The van der Waals surface area contributed by atoms with E-state index < -0.39 is 64.0 Å². The van der Waals surface area contributed by atoms with E-state index in [9.17, 15) is 37.5 Å². The van der Waals surface area contributed by atoms with E-state index in [4.69, 9.17) is 27.6 Å². The van der Waals surface area contributed by atoms with Crippen molar-refractivity contribution in [3.8, 4) is 0 Å². The molecule has 210 valence electrons. The van der Waals surface area contributed by atoms with E-state index >= 15 is 0 Å². The number of aliphatic carboxylic acids is 1. The Hall–Kier alpha value is -3.47. The molecule has 1 aromatic heterocycles. The number of urea groups is 1. The standard InChI is InChI=1S/C21H22Cl2N6O9S/c1-39(36,37)26-27-6-4-15(30)28-5-2-3-14(29(28)21(27)35)19(34)24-12(9-16(31)32)17(33)20-25-13-8-10(22)7-11(23)18(13)38-20/h7-8,12,14,26H,2-6,9H2,1H3,(H,24,34)(H,31,32)/t12-,14-/m0/s1. The van der Waals surface area contributed by atoms with Gasteiger partial charge in [-0.05, 0) is 25.0 Å². The summed E-state index contributed by atoms with van der Waals surface area (Å²) >= 11 is 12.0. The van der Waals surface area contributed by atoms with E-state index in [2.05, 4.69) is 10.3 Å². The lowest BCUT2D eigenvalue weighted by molar-refractivity contribution is -0.155. The molecular formula is C21H22Cl2N6O9S. The quantitative estimate of drug-likeness (QED) is 0.361. The fraction of sp³-hybridized carbons (Fsp3) is 0.429. The second-order valence-electron chi connectivity index (χ2n) is 8.85. The maximum Gasteiger partial charge on any atom is 0.354 e. The molecule has 0 aliphatic carbocycles. The first-order valence-electron chi connectivity index (χ1n) is 11.5. The van der Waals surface area contributed by atoms with E-state index in [0.717, 1.165) is 16.3 Å². The maximum atomic E-state index is 13.4. The van der Waals surface area contributed by atoms with Gasteiger partial charge < -0.3 is 14.8 Å². The molecule has 0 unspecified atom stereocenters. The zero-order valence-corrected chi connectivity index (χ0v) is 22.5. The van der Waals surface area contributed by atoms with Crippen molar-refractivity contribution in [1.82, 2.24) is 30.2 Å². The van der Waals surface area contributed by atoms with E-state index in [-0.39, 0.29) is 47.1 Å². The molecule has 18 heteroatoms. The number of carboxylic acids is 1. The van der Waals surface area contributed by atoms with Gasteiger partial charge in [0.2, 0.25) is 27.6 Å². The topological polar surface area (TPSA) is 200 Å². The number of ketones is 1. The van der Waals surface area contributed by atoms with Crippen LogP contribution in [0.3, 0.4) is 0 Å². The summed E-state index contributed by atoms with van der Waals surface area (Å²) in [5.41, 5.74) is 0.159. The largest absolute Gasteiger partial charge is 0.481 e. The number of hydrogen-bond donors (Lipinski definition) is 3. The highest BCUT2D eigenvalue weighted by molar-refractivity contribution is 7.88. The van der Waals surface area contributed by atoms with Crippen molar-refractivity contribution in [3.63, 3.8) is 0 Å². The van der Waals surface area contributed by atoms with Crippen molar-refractivity contribution in [3.05, 3.63) is 28.1 Å². The number of rotatable bonds is 8. The van der Waals surface area contributed by atoms with Crippen molar-refractivity contribution < 1.29 is 41.9 Å². The van der Waals surface area contributed by atoms with Crippen LogP contribution in [0.4, 0.5) is 4.79 Å². The third kappa shape index (κ3) is 6.24. The van der Waals surface area contributed by atoms with Crippen LogP contribution >= 0.6 is 23.2 Å². The van der Waals surface area contributed by atoms with Crippen LogP contribution < -0.4 is 10.1 Å². The first-order chi connectivity index (χ1) is 18.2. The van der Waals surface area contributed by atoms with Crippen LogP contribution in [0.2, 0.25) is 10.0 Å².